The van der Waals surface area contributed by atoms with Gasteiger partial charge in [0.2, 0.25) is 0 Å². The molecule has 0 aliphatic carbocycles. The van der Waals surface area contributed by atoms with E-state index < -0.39 is 35.8 Å². The molecule has 4 aromatic rings. The number of ether oxygens (including phenoxy) is 2. The van der Waals surface area contributed by atoms with Gasteiger partial charge < -0.3 is 30.3 Å². The van der Waals surface area contributed by atoms with Gasteiger partial charge in [0.05, 0.1) is 39.1 Å². The van der Waals surface area contributed by atoms with Crippen LogP contribution in [-0.2, 0) is 9.59 Å². The van der Waals surface area contributed by atoms with Gasteiger partial charge in [-0.1, -0.05) is 54.1 Å². The number of carbonyl (C=O) groups is 4. The number of carboxylic acid groups (broad SMARTS) is 2. The van der Waals surface area contributed by atoms with Crippen molar-refractivity contribution in [1.82, 2.24) is 20.6 Å². The van der Waals surface area contributed by atoms with Crippen molar-refractivity contribution in [2.75, 3.05) is 14.2 Å². The number of halogens is 2. The molecule has 2 aromatic heterocycles. The predicted octanol–water partition coefficient (Wildman–Crippen LogP) is 6.21. The molecular weight excluding hydrogens is 752 g/mol. The van der Waals surface area contributed by atoms with Gasteiger partial charge in [0.15, 0.2) is 11.5 Å². The highest BCUT2D eigenvalue weighted by Crippen LogP contribution is 2.25. The van der Waals surface area contributed by atoms with Crippen LogP contribution >= 0.6 is 31.9 Å². The number of hydrogen-bond donors (Lipinski definition) is 4. The summed E-state index contributed by atoms with van der Waals surface area (Å²) in [6, 6.07) is 19.7. The molecule has 2 heterocycles. The summed E-state index contributed by atoms with van der Waals surface area (Å²) in [5.74, 6) is -1.88. The molecule has 12 nitrogen and oxygen atoms in total. The SMILES string of the molecule is COc1ccc(C(=O)N[C@@H](CC(=O)O)c2ccc(C)cc2)nc1Br.COc1ccc(C(=O)N[C@@H](CC(=O)O)c2ccccc2C)nc1Br. The molecule has 0 unspecified atom stereocenters. The number of carboxylic acids is 2. The van der Waals surface area contributed by atoms with Crippen molar-refractivity contribution in [3.63, 3.8) is 0 Å². The van der Waals surface area contributed by atoms with E-state index in [1.807, 2.05) is 44.2 Å². The molecule has 0 aliphatic heterocycles. The molecule has 0 radical (unpaired) electrons. The molecule has 0 fully saturated rings. The second kappa shape index (κ2) is 17.9. The Morgan fingerprint density at radius 2 is 1.15 bits per heavy atom. The van der Waals surface area contributed by atoms with Crippen LogP contribution in [0.2, 0.25) is 0 Å². The van der Waals surface area contributed by atoms with Gasteiger partial charge in [-0.15, -0.1) is 0 Å². The van der Waals surface area contributed by atoms with Gasteiger partial charge in [0.25, 0.3) is 11.8 Å². The van der Waals surface area contributed by atoms with E-state index in [1.54, 1.807) is 30.3 Å². The monoisotopic (exact) mass is 784 g/mol. The van der Waals surface area contributed by atoms with Crippen LogP contribution in [-0.4, -0.2) is 58.2 Å². The predicted molar refractivity (Wildman–Crippen MR) is 184 cm³/mol. The van der Waals surface area contributed by atoms with Crippen LogP contribution < -0.4 is 20.1 Å². The summed E-state index contributed by atoms with van der Waals surface area (Å²) in [6.45, 7) is 3.81. The van der Waals surface area contributed by atoms with Gasteiger partial charge in [-0.05, 0) is 86.7 Å². The lowest BCUT2D eigenvalue weighted by molar-refractivity contribution is -0.138. The first-order valence-electron chi connectivity index (χ1n) is 14.4. The van der Waals surface area contributed by atoms with Crippen LogP contribution in [0.1, 0.15) is 68.2 Å². The molecule has 14 heteroatoms. The Labute approximate surface area is 294 Å². The van der Waals surface area contributed by atoms with E-state index in [0.29, 0.717) is 20.7 Å². The van der Waals surface area contributed by atoms with Gasteiger partial charge in [-0.3, -0.25) is 19.2 Å². The summed E-state index contributed by atoms with van der Waals surface area (Å²) >= 11 is 6.45. The molecule has 252 valence electrons. The van der Waals surface area contributed by atoms with Gasteiger partial charge in [0, 0.05) is 0 Å². The summed E-state index contributed by atoms with van der Waals surface area (Å²) in [7, 11) is 3.00. The standard InChI is InChI=1S/2C17H17BrN2O4/c1-10-3-5-11(6-4-10)13(9-15(21)22)20-17(23)12-7-8-14(24-2)16(18)19-12;1-10-5-3-4-6-11(10)13(9-15(21)22)20-17(23)12-7-8-14(24-2)16(18)19-12/h2*3-8,13H,9H2,1-2H3,(H,20,23)(H,21,22)/t2*13-/m00/s1. The summed E-state index contributed by atoms with van der Waals surface area (Å²) < 4.78 is 11.0. The quantitative estimate of drug-likeness (QED) is 0.121. The highest BCUT2D eigenvalue weighted by molar-refractivity contribution is 9.10. The zero-order chi connectivity index (χ0) is 35.4. The number of pyridine rings is 2. The number of carbonyl (C=O) groups excluding carboxylic acids is 2. The van der Waals surface area contributed by atoms with Gasteiger partial charge in [0.1, 0.15) is 20.6 Å². The Morgan fingerprint density at radius 1 is 0.688 bits per heavy atom. The lowest BCUT2D eigenvalue weighted by Crippen LogP contribution is -2.31. The number of hydrogen-bond acceptors (Lipinski definition) is 8. The maximum atomic E-state index is 12.4. The zero-order valence-electron chi connectivity index (χ0n) is 26.5. The summed E-state index contributed by atoms with van der Waals surface area (Å²) in [5.41, 5.74) is 3.80. The van der Waals surface area contributed by atoms with Crippen molar-refractivity contribution in [2.24, 2.45) is 0 Å². The summed E-state index contributed by atoms with van der Waals surface area (Å²) in [5, 5.41) is 23.7. The Balaban J connectivity index is 0.000000260. The van der Waals surface area contributed by atoms with Gasteiger partial charge >= 0.3 is 11.9 Å². The van der Waals surface area contributed by atoms with E-state index >= 15 is 0 Å². The zero-order valence-corrected chi connectivity index (χ0v) is 29.7. The van der Waals surface area contributed by atoms with Crippen LogP contribution in [0.5, 0.6) is 11.5 Å². The molecule has 0 saturated carbocycles. The lowest BCUT2D eigenvalue weighted by Gasteiger charge is -2.19. The number of aliphatic carboxylic acids is 2. The first-order valence-corrected chi connectivity index (χ1v) is 16.0. The molecule has 2 aromatic carbocycles. The Bertz CT molecular complexity index is 1770. The molecule has 0 saturated heterocycles. The molecule has 0 spiro atoms. The number of benzene rings is 2. The minimum atomic E-state index is -0.996. The van der Waals surface area contributed by atoms with E-state index in [2.05, 4.69) is 52.5 Å². The number of aryl methyl sites for hydroxylation is 2. The van der Waals surface area contributed by atoms with Crippen LogP contribution in [0.3, 0.4) is 0 Å². The maximum absolute atomic E-state index is 12.4. The molecule has 2 amide bonds. The molecule has 0 aliphatic rings. The van der Waals surface area contributed by atoms with E-state index in [-0.39, 0.29) is 24.2 Å². The highest BCUT2D eigenvalue weighted by Gasteiger charge is 2.22. The highest BCUT2D eigenvalue weighted by atomic mass is 79.9. The minimum absolute atomic E-state index is 0.171. The molecule has 4 N–H and O–H groups in total. The number of methoxy groups -OCH3 is 2. The third kappa shape index (κ3) is 10.9. The number of aromatic nitrogens is 2. The smallest absolute Gasteiger partial charge is 0.305 e. The van der Waals surface area contributed by atoms with E-state index in [0.717, 1.165) is 22.3 Å². The third-order valence-electron chi connectivity index (χ3n) is 6.95. The van der Waals surface area contributed by atoms with Crippen molar-refractivity contribution in [2.45, 2.75) is 38.8 Å². The van der Waals surface area contributed by atoms with E-state index in [1.165, 1.54) is 26.4 Å². The molecule has 4 rings (SSSR count). The second-order valence-electron chi connectivity index (χ2n) is 10.4. The van der Waals surface area contributed by atoms with Gasteiger partial charge in [-0.25, -0.2) is 9.97 Å². The molecule has 48 heavy (non-hydrogen) atoms. The van der Waals surface area contributed by atoms with Crippen LogP contribution in [0, 0.1) is 13.8 Å². The average molecular weight is 786 g/mol. The first kappa shape index (κ1) is 37.6. The minimum Gasteiger partial charge on any atom is -0.494 e. The van der Waals surface area contributed by atoms with Crippen molar-refractivity contribution in [3.8, 4) is 11.5 Å². The van der Waals surface area contributed by atoms with Crippen LogP contribution in [0.15, 0.2) is 82.0 Å². The van der Waals surface area contributed by atoms with Crippen molar-refractivity contribution in [1.29, 1.82) is 0 Å². The fraction of sp³-hybridized carbons (Fsp3) is 0.235. The molecule has 0 bridgehead atoms. The molecular formula is C34H34Br2N4O8. The Morgan fingerprint density at radius 3 is 1.58 bits per heavy atom. The third-order valence-corrected chi connectivity index (χ3v) is 8.08. The second-order valence-corrected chi connectivity index (χ2v) is 11.9. The fourth-order valence-electron chi connectivity index (χ4n) is 4.48. The van der Waals surface area contributed by atoms with Crippen molar-refractivity contribution in [3.05, 3.63) is 116 Å². The first-order chi connectivity index (χ1) is 22.8. The normalized spacial score (nSPS) is 11.6. The van der Waals surface area contributed by atoms with Crippen LogP contribution in [0.25, 0.3) is 0 Å². The number of amides is 2. The summed E-state index contributed by atoms with van der Waals surface area (Å²) in [4.78, 5) is 55.4. The topological polar surface area (TPSA) is 177 Å². The maximum Gasteiger partial charge on any atom is 0.305 e. The lowest BCUT2D eigenvalue weighted by atomic mass is 9.98. The number of nitrogens with zero attached hydrogens (tertiary/aromatic N) is 2. The van der Waals surface area contributed by atoms with Crippen molar-refractivity contribution < 1.29 is 38.9 Å². The number of nitrogens with one attached hydrogen (secondary N) is 2. The van der Waals surface area contributed by atoms with Crippen molar-refractivity contribution >= 4 is 55.6 Å². The Kier molecular flexibility index (Phi) is 14.1. The van der Waals surface area contributed by atoms with E-state index in [4.69, 9.17) is 19.7 Å². The Hall–Kier alpha value is -4.82. The fourth-order valence-corrected chi connectivity index (χ4v) is 5.45. The van der Waals surface area contributed by atoms with Gasteiger partial charge in [-0.2, -0.15) is 0 Å². The molecule has 2 atom stereocenters. The van der Waals surface area contributed by atoms with E-state index in [9.17, 15) is 19.2 Å². The summed E-state index contributed by atoms with van der Waals surface area (Å²) in [6.07, 6.45) is -0.431. The average Bonchev–Trinajstić information content (AvgIpc) is 3.04. The largest absolute Gasteiger partial charge is 0.494 e. The number of rotatable bonds is 12. The van der Waals surface area contributed by atoms with Crippen LogP contribution in [0.4, 0.5) is 0 Å².